The number of anilines is 2. The maximum atomic E-state index is 12.7. The van der Waals surface area contributed by atoms with Crippen molar-refractivity contribution in [3.63, 3.8) is 0 Å². The van der Waals surface area contributed by atoms with Crippen molar-refractivity contribution in [1.29, 1.82) is 0 Å². The molecular weight excluding hydrogens is 416 g/mol. The van der Waals surface area contributed by atoms with Crippen LogP contribution < -0.4 is 16.0 Å². The minimum atomic E-state index is -0.226. The molecule has 0 heterocycles. The molecule has 0 saturated heterocycles. The monoisotopic (exact) mass is 452 g/mol. The number of hydrogen-bond acceptors (Lipinski definition) is 4. The average Bonchev–Trinajstić information content (AvgIpc) is 2.83. The molecule has 0 spiro atoms. The Balaban J connectivity index is 1.88. The molecular formula is C26H36N4O3. The van der Waals surface area contributed by atoms with Crippen LogP contribution >= 0.6 is 0 Å². The zero-order chi connectivity index (χ0) is 24.1. The van der Waals surface area contributed by atoms with E-state index in [1.807, 2.05) is 4.90 Å². The number of rotatable bonds is 13. The van der Waals surface area contributed by atoms with Crippen molar-refractivity contribution in [3.05, 3.63) is 59.7 Å². The van der Waals surface area contributed by atoms with Gasteiger partial charge in [-0.15, -0.1) is 0 Å². The van der Waals surface area contributed by atoms with E-state index in [4.69, 9.17) is 0 Å². The molecule has 0 aliphatic rings. The third-order valence-electron chi connectivity index (χ3n) is 5.08. The van der Waals surface area contributed by atoms with Crippen molar-refractivity contribution in [3.8, 4) is 0 Å². The van der Waals surface area contributed by atoms with Crippen molar-refractivity contribution in [2.75, 3.05) is 36.8 Å². The molecule has 2 aromatic carbocycles. The van der Waals surface area contributed by atoms with Crippen LogP contribution in [0.1, 0.15) is 67.2 Å². The SMILES string of the molecule is CCCCNC(=O)c1cccc(NC(=O)CNc2ccc(C(=O)N(CCC)CCC)cc2)c1. The third-order valence-corrected chi connectivity index (χ3v) is 5.08. The normalized spacial score (nSPS) is 10.4. The van der Waals surface area contributed by atoms with Crippen LogP contribution in [-0.2, 0) is 4.79 Å². The Hall–Kier alpha value is -3.35. The summed E-state index contributed by atoms with van der Waals surface area (Å²) in [5.74, 6) is -0.346. The highest BCUT2D eigenvalue weighted by molar-refractivity contribution is 5.98. The number of benzene rings is 2. The van der Waals surface area contributed by atoms with Crippen LogP contribution in [0.5, 0.6) is 0 Å². The molecule has 7 nitrogen and oxygen atoms in total. The summed E-state index contributed by atoms with van der Waals surface area (Å²) in [6, 6.07) is 14.0. The van der Waals surface area contributed by atoms with Gasteiger partial charge in [0.25, 0.3) is 11.8 Å². The van der Waals surface area contributed by atoms with Crippen LogP contribution in [-0.4, -0.2) is 48.8 Å². The lowest BCUT2D eigenvalue weighted by atomic mass is 10.1. The van der Waals surface area contributed by atoms with E-state index in [0.717, 1.165) is 44.5 Å². The summed E-state index contributed by atoms with van der Waals surface area (Å²) in [4.78, 5) is 39.1. The van der Waals surface area contributed by atoms with Gasteiger partial charge < -0.3 is 20.9 Å². The third kappa shape index (κ3) is 8.60. The first kappa shape index (κ1) is 25.9. The molecule has 2 rings (SSSR count). The molecule has 0 saturated carbocycles. The summed E-state index contributed by atoms with van der Waals surface area (Å²) in [6.07, 6.45) is 3.79. The number of carbonyl (C=O) groups excluding carboxylic acids is 3. The topological polar surface area (TPSA) is 90.5 Å². The zero-order valence-corrected chi connectivity index (χ0v) is 19.9. The number of nitrogens with one attached hydrogen (secondary N) is 3. The maximum absolute atomic E-state index is 12.7. The summed E-state index contributed by atoms with van der Waals surface area (Å²) in [5.41, 5.74) is 2.47. The van der Waals surface area contributed by atoms with Crippen molar-refractivity contribution in [1.82, 2.24) is 10.2 Å². The quantitative estimate of drug-likeness (QED) is 0.390. The van der Waals surface area contributed by atoms with Crippen LogP contribution in [0.15, 0.2) is 48.5 Å². The Morgan fingerprint density at radius 1 is 0.818 bits per heavy atom. The van der Waals surface area contributed by atoms with Gasteiger partial charge in [-0.1, -0.05) is 33.3 Å². The molecule has 7 heteroatoms. The highest BCUT2D eigenvalue weighted by atomic mass is 16.2. The second-order valence-electron chi connectivity index (χ2n) is 7.96. The number of hydrogen-bond donors (Lipinski definition) is 3. The first-order valence-electron chi connectivity index (χ1n) is 11.8. The van der Waals surface area contributed by atoms with Gasteiger partial charge in [0, 0.05) is 42.1 Å². The van der Waals surface area contributed by atoms with Crippen molar-refractivity contribution < 1.29 is 14.4 Å². The van der Waals surface area contributed by atoms with E-state index in [2.05, 4.69) is 36.7 Å². The fourth-order valence-corrected chi connectivity index (χ4v) is 3.37. The summed E-state index contributed by atoms with van der Waals surface area (Å²) in [6.45, 7) is 8.38. The molecule has 0 aromatic heterocycles. The minimum absolute atomic E-state index is 0.0293. The Bertz CT molecular complexity index is 906. The van der Waals surface area contributed by atoms with Crippen LogP contribution in [0.2, 0.25) is 0 Å². The molecule has 3 N–H and O–H groups in total. The molecule has 0 aliphatic heterocycles. The first-order chi connectivity index (χ1) is 16.0. The van der Waals surface area contributed by atoms with Gasteiger partial charge in [-0.2, -0.15) is 0 Å². The number of nitrogens with zero attached hydrogens (tertiary/aromatic N) is 1. The largest absolute Gasteiger partial charge is 0.376 e. The predicted octanol–water partition coefficient (Wildman–Crippen LogP) is 4.53. The Labute approximate surface area is 196 Å². The standard InChI is InChI=1S/C26H36N4O3/c1-4-7-15-27-25(32)21-9-8-10-23(18-21)29-24(31)19-28-22-13-11-20(12-14-22)26(33)30(16-5-2)17-6-3/h8-14,18,28H,4-7,15-17,19H2,1-3H3,(H,27,32)(H,29,31). The minimum Gasteiger partial charge on any atom is -0.376 e. The number of carbonyl (C=O) groups is 3. The summed E-state index contributed by atoms with van der Waals surface area (Å²) >= 11 is 0. The van der Waals surface area contributed by atoms with Gasteiger partial charge in [-0.3, -0.25) is 14.4 Å². The fraction of sp³-hybridized carbons (Fsp3) is 0.423. The summed E-state index contributed by atoms with van der Waals surface area (Å²) in [5, 5.41) is 8.74. The van der Waals surface area contributed by atoms with Gasteiger partial charge in [0.1, 0.15) is 0 Å². The van der Waals surface area contributed by atoms with Crippen LogP contribution in [0, 0.1) is 0 Å². The fourth-order valence-electron chi connectivity index (χ4n) is 3.37. The molecule has 33 heavy (non-hydrogen) atoms. The van der Waals surface area contributed by atoms with Crippen molar-refractivity contribution in [2.45, 2.75) is 46.5 Å². The first-order valence-corrected chi connectivity index (χ1v) is 11.8. The Kier molecular flexibility index (Phi) is 10.9. The van der Waals surface area contributed by atoms with Crippen molar-refractivity contribution in [2.24, 2.45) is 0 Å². The van der Waals surface area contributed by atoms with E-state index >= 15 is 0 Å². The lowest BCUT2D eigenvalue weighted by molar-refractivity contribution is -0.114. The summed E-state index contributed by atoms with van der Waals surface area (Å²) in [7, 11) is 0. The van der Waals surface area contributed by atoms with Gasteiger partial charge in [0.15, 0.2) is 0 Å². The maximum Gasteiger partial charge on any atom is 0.253 e. The van der Waals surface area contributed by atoms with E-state index in [1.165, 1.54) is 0 Å². The average molecular weight is 453 g/mol. The Morgan fingerprint density at radius 3 is 2.15 bits per heavy atom. The molecule has 0 bridgehead atoms. The molecule has 0 radical (unpaired) electrons. The Morgan fingerprint density at radius 2 is 1.52 bits per heavy atom. The molecule has 0 unspecified atom stereocenters. The highest BCUT2D eigenvalue weighted by Crippen LogP contribution is 2.14. The molecule has 2 aromatic rings. The molecule has 0 aliphatic carbocycles. The second-order valence-corrected chi connectivity index (χ2v) is 7.96. The van der Waals surface area contributed by atoms with Crippen molar-refractivity contribution >= 4 is 29.1 Å². The van der Waals surface area contributed by atoms with Gasteiger partial charge in [0.2, 0.25) is 5.91 Å². The molecule has 0 atom stereocenters. The smallest absolute Gasteiger partial charge is 0.253 e. The predicted molar refractivity (Wildman–Crippen MR) is 134 cm³/mol. The van der Waals surface area contributed by atoms with E-state index in [0.29, 0.717) is 23.4 Å². The second kappa shape index (κ2) is 13.9. The van der Waals surface area contributed by atoms with Crippen LogP contribution in [0.3, 0.4) is 0 Å². The lowest BCUT2D eigenvalue weighted by Crippen LogP contribution is -2.32. The van der Waals surface area contributed by atoms with Gasteiger partial charge in [-0.25, -0.2) is 0 Å². The van der Waals surface area contributed by atoms with Crippen LogP contribution in [0.4, 0.5) is 11.4 Å². The number of unbranched alkanes of at least 4 members (excludes halogenated alkanes) is 1. The van der Waals surface area contributed by atoms with Gasteiger partial charge in [-0.05, 0) is 61.7 Å². The highest BCUT2D eigenvalue weighted by Gasteiger charge is 2.14. The lowest BCUT2D eigenvalue weighted by Gasteiger charge is -2.21. The number of amides is 3. The van der Waals surface area contributed by atoms with Gasteiger partial charge in [0.05, 0.1) is 6.54 Å². The van der Waals surface area contributed by atoms with Crippen LogP contribution in [0.25, 0.3) is 0 Å². The van der Waals surface area contributed by atoms with E-state index in [-0.39, 0.29) is 24.3 Å². The van der Waals surface area contributed by atoms with E-state index in [9.17, 15) is 14.4 Å². The van der Waals surface area contributed by atoms with E-state index < -0.39 is 0 Å². The molecule has 0 fully saturated rings. The van der Waals surface area contributed by atoms with Gasteiger partial charge >= 0.3 is 0 Å². The molecule has 178 valence electrons. The van der Waals surface area contributed by atoms with E-state index in [1.54, 1.807) is 48.5 Å². The molecule has 3 amide bonds. The zero-order valence-electron chi connectivity index (χ0n) is 19.9. The summed E-state index contributed by atoms with van der Waals surface area (Å²) < 4.78 is 0.